The van der Waals surface area contributed by atoms with Gasteiger partial charge >= 0.3 is 0 Å². The van der Waals surface area contributed by atoms with Crippen LogP contribution in [0.5, 0.6) is 0 Å². The lowest BCUT2D eigenvalue weighted by molar-refractivity contribution is 0.562. The predicted molar refractivity (Wildman–Crippen MR) is 67.7 cm³/mol. The van der Waals surface area contributed by atoms with E-state index >= 15 is 0 Å². The Kier molecular flexibility index (Phi) is 3.88. The molecule has 1 unspecified atom stereocenters. The van der Waals surface area contributed by atoms with Gasteiger partial charge in [-0.1, -0.05) is 6.92 Å². The van der Waals surface area contributed by atoms with E-state index in [4.69, 9.17) is 0 Å². The van der Waals surface area contributed by atoms with Crippen molar-refractivity contribution in [2.45, 2.75) is 26.3 Å². The van der Waals surface area contributed by atoms with Crippen LogP contribution in [-0.4, -0.2) is 21.5 Å². The van der Waals surface area contributed by atoms with Crippen molar-refractivity contribution in [2.75, 3.05) is 6.54 Å². The topological polar surface area (TPSA) is 53.6 Å². The summed E-state index contributed by atoms with van der Waals surface area (Å²) in [4.78, 5) is 12.0. The van der Waals surface area contributed by atoms with Crippen LogP contribution in [0.25, 0.3) is 0 Å². The van der Waals surface area contributed by atoms with Crippen molar-refractivity contribution in [3.8, 4) is 0 Å². The third-order valence-electron chi connectivity index (χ3n) is 2.59. The Morgan fingerprint density at radius 1 is 1.35 bits per heavy atom. The molecule has 0 aromatic carbocycles. The number of aromatic amines is 1. The molecule has 2 rings (SSSR count). The summed E-state index contributed by atoms with van der Waals surface area (Å²) in [6.45, 7) is 5.09. The molecule has 1 atom stereocenters. The van der Waals surface area contributed by atoms with Crippen molar-refractivity contribution in [3.63, 3.8) is 0 Å². The van der Waals surface area contributed by atoms with E-state index in [9.17, 15) is 0 Å². The third kappa shape index (κ3) is 2.91. The lowest BCUT2D eigenvalue weighted by Crippen LogP contribution is -2.25. The number of rotatable bonds is 5. The van der Waals surface area contributed by atoms with E-state index < -0.39 is 0 Å². The van der Waals surface area contributed by atoms with Crippen LogP contribution in [0.3, 0.4) is 0 Å². The zero-order valence-electron chi connectivity index (χ0n) is 10.3. The van der Waals surface area contributed by atoms with Crippen LogP contribution in [0.15, 0.2) is 30.7 Å². The molecule has 0 saturated heterocycles. The molecule has 2 aromatic rings. The molecule has 90 valence electrons. The van der Waals surface area contributed by atoms with Gasteiger partial charge in [-0.25, -0.2) is 9.97 Å². The number of nitrogens with zero attached hydrogens (tertiary/aromatic N) is 2. The Hall–Kier alpha value is -1.68. The van der Waals surface area contributed by atoms with Crippen LogP contribution in [0.1, 0.15) is 36.5 Å². The van der Waals surface area contributed by atoms with Crippen molar-refractivity contribution in [3.05, 3.63) is 47.8 Å². The van der Waals surface area contributed by atoms with E-state index in [1.807, 2.05) is 31.6 Å². The number of H-pyrrole nitrogens is 1. The fourth-order valence-electron chi connectivity index (χ4n) is 1.70. The summed E-state index contributed by atoms with van der Waals surface area (Å²) < 4.78 is 0. The summed E-state index contributed by atoms with van der Waals surface area (Å²) in [7, 11) is 0. The fourth-order valence-corrected chi connectivity index (χ4v) is 1.70. The highest BCUT2D eigenvalue weighted by atomic mass is 15.0. The van der Waals surface area contributed by atoms with Crippen molar-refractivity contribution in [1.29, 1.82) is 0 Å². The summed E-state index contributed by atoms with van der Waals surface area (Å²) in [6, 6.07) is 4.09. The maximum atomic E-state index is 4.39. The lowest BCUT2D eigenvalue weighted by atomic mass is 10.2. The largest absolute Gasteiger partial charge is 0.363 e. The molecule has 4 nitrogen and oxygen atoms in total. The van der Waals surface area contributed by atoms with Gasteiger partial charge in [-0.05, 0) is 37.6 Å². The molecule has 0 aliphatic carbocycles. The van der Waals surface area contributed by atoms with Gasteiger partial charge in [0.05, 0.1) is 0 Å². The molecule has 2 N–H and O–H groups in total. The molecule has 0 fully saturated rings. The van der Waals surface area contributed by atoms with E-state index in [2.05, 4.69) is 33.3 Å². The van der Waals surface area contributed by atoms with Gasteiger partial charge in [-0.3, -0.25) is 0 Å². The first-order valence-corrected chi connectivity index (χ1v) is 5.96. The van der Waals surface area contributed by atoms with Crippen molar-refractivity contribution < 1.29 is 0 Å². The summed E-state index contributed by atoms with van der Waals surface area (Å²) >= 11 is 0. The molecule has 0 radical (unpaired) electrons. The molecule has 0 bridgehead atoms. The van der Waals surface area contributed by atoms with Crippen LogP contribution in [0.2, 0.25) is 0 Å². The van der Waals surface area contributed by atoms with Crippen LogP contribution in [-0.2, 0) is 0 Å². The zero-order chi connectivity index (χ0) is 12.1. The van der Waals surface area contributed by atoms with Crippen molar-refractivity contribution in [1.82, 2.24) is 20.3 Å². The van der Waals surface area contributed by atoms with Gasteiger partial charge < -0.3 is 10.3 Å². The molecule has 0 amide bonds. The van der Waals surface area contributed by atoms with Crippen LogP contribution in [0, 0.1) is 6.92 Å². The monoisotopic (exact) mass is 230 g/mol. The van der Waals surface area contributed by atoms with Gasteiger partial charge in [-0.15, -0.1) is 0 Å². The zero-order valence-corrected chi connectivity index (χ0v) is 10.3. The first-order valence-electron chi connectivity index (χ1n) is 5.96. The predicted octanol–water partition coefficient (Wildman–Crippen LogP) is 2.20. The smallest absolute Gasteiger partial charge is 0.151 e. The number of aryl methyl sites for hydroxylation is 1. The molecular formula is C13H18N4. The maximum Gasteiger partial charge on any atom is 0.151 e. The molecule has 0 saturated carbocycles. The maximum absolute atomic E-state index is 4.39. The number of aromatic nitrogens is 3. The SMILES string of the molecule is CCCNC(c1ncc(C)cn1)c1ccc[nH]1. The van der Waals surface area contributed by atoms with Gasteiger partial charge in [-0.2, -0.15) is 0 Å². The Balaban J connectivity index is 2.23. The average molecular weight is 230 g/mol. The van der Waals surface area contributed by atoms with Crippen molar-refractivity contribution in [2.24, 2.45) is 0 Å². The normalized spacial score (nSPS) is 12.6. The number of hydrogen-bond donors (Lipinski definition) is 2. The molecule has 2 aromatic heterocycles. The second-order valence-electron chi connectivity index (χ2n) is 4.13. The molecule has 0 spiro atoms. The van der Waals surface area contributed by atoms with E-state index in [-0.39, 0.29) is 6.04 Å². The molecular weight excluding hydrogens is 212 g/mol. The second kappa shape index (κ2) is 5.59. The van der Waals surface area contributed by atoms with Crippen LogP contribution >= 0.6 is 0 Å². The van der Waals surface area contributed by atoms with Gasteiger partial charge in [0.25, 0.3) is 0 Å². The highest BCUT2D eigenvalue weighted by Gasteiger charge is 2.16. The van der Waals surface area contributed by atoms with Crippen molar-refractivity contribution >= 4 is 0 Å². The minimum absolute atomic E-state index is 0.0468. The molecule has 0 aliphatic heterocycles. The molecule has 2 heterocycles. The number of nitrogens with one attached hydrogen (secondary N) is 2. The number of hydrogen-bond acceptors (Lipinski definition) is 3. The first kappa shape index (κ1) is 11.8. The van der Waals surface area contributed by atoms with E-state index in [0.29, 0.717) is 0 Å². The minimum Gasteiger partial charge on any atom is -0.363 e. The quantitative estimate of drug-likeness (QED) is 0.828. The average Bonchev–Trinajstić information content (AvgIpc) is 2.85. The van der Waals surface area contributed by atoms with Crippen LogP contribution in [0.4, 0.5) is 0 Å². The highest BCUT2D eigenvalue weighted by molar-refractivity contribution is 5.18. The molecule has 0 aliphatic rings. The lowest BCUT2D eigenvalue weighted by Gasteiger charge is -2.15. The van der Waals surface area contributed by atoms with E-state index in [1.54, 1.807) is 0 Å². The Morgan fingerprint density at radius 2 is 2.12 bits per heavy atom. The highest BCUT2D eigenvalue weighted by Crippen LogP contribution is 2.16. The second-order valence-corrected chi connectivity index (χ2v) is 4.13. The van der Waals surface area contributed by atoms with Gasteiger partial charge in [0.2, 0.25) is 0 Å². The molecule has 17 heavy (non-hydrogen) atoms. The summed E-state index contributed by atoms with van der Waals surface area (Å²) in [5.74, 6) is 0.812. The van der Waals surface area contributed by atoms with E-state index in [0.717, 1.165) is 30.0 Å². The van der Waals surface area contributed by atoms with E-state index in [1.165, 1.54) is 0 Å². The summed E-state index contributed by atoms with van der Waals surface area (Å²) in [5, 5.41) is 3.45. The standard InChI is InChI=1S/C13H18N4/c1-3-6-15-12(11-5-4-7-14-11)13-16-8-10(2)9-17-13/h4-5,7-9,12,14-15H,3,6H2,1-2H3. The van der Waals surface area contributed by atoms with Gasteiger partial charge in [0.1, 0.15) is 6.04 Å². The Morgan fingerprint density at radius 3 is 2.71 bits per heavy atom. The molecule has 4 heteroatoms. The third-order valence-corrected chi connectivity index (χ3v) is 2.59. The minimum atomic E-state index is 0.0468. The Bertz CT molecular complexity index is 433. The van der Waals surface area contributed by atoms with Gasteiger partial charge in [0.15, 0.2) is 5.82 Å². The first-order chi connectivity index (χ1) is 8.31. The Labute approximate surface area is 102 Å². The fraction of sp³-hybridized carbons (Fsp3) is 0.385. The summed E-state index contributed by atoms with van der Waals surface area (Å²) in [5.41, 5.74) is 2.18. The van der Waals surface area contributed by atoms with Crippen LogP contribution < -0.4 is 5.32 Å². The summed E-state index contributed by atoms with van der Waals surface area (Å²) in [6.07, 6.45) is 6.71. The van der Waals surface area contributed by atoms with Gasteiger partial charge in [0, 0.05) is 24.3 Å².